The van der Waals surface area contributed by atoms with Gasteiger partial charge in [0.15, 0.2) is 22.7 Å². The summed E-state index contributed by atoms with van der Waals surface area (Å²) < 4.78 is 26.1. The quantitative estimate of drug-likeness (QED) is 0.243. The van der Waals surface area contributed by atoms with Crippen molar-refractivity contribution in [2.45, 2.75) is 31.0 Å². The highest BCUT2D eigenvalue weighted by Gasteiger charge is 2.53. The first-order chi connectivity index (χ1) is 20.4. The Labute approximate surface area is 238 Å². The minimum Gasteiger partial charge on any atom is -0.494 e. The Morgan fingerprint density at radius 2 is 2.02 bits per heavy atom. The average molecular weight is 575 g/mol. The number of imide groups is 1. The van der Waals surface area contributed by atoms with Crippen molar-refractivity contribution in [2.75, 3.05) is 31.6 Å². The number of hydrogen-bond donors (Lipinski definition) is 4. The molecule has 13 nitrogen and oxygen atoms in total. The van der Waals surface area contributed by atoms with Crippen molar-refractivity contribution in [3.8, 4) is 5.75 Å². The largest absolute Gasteiger partial charge is 0.494 e. The maximum atomic E-state index is 15.0. The van der Waals surface area contributed by atoms with Gasteiger partial charge in [-0.1, -0.05) is 6.07 Å². The van der Waals surface area contributed by atoms with E-state index >= 15 is 0 Å². The van der Waals surface area contributed by atoms with Crippen LogP contribution in [0.2, 0.25) is 0 Å². The van der Waals surface area contributed by atoms with Gasteiger partial charge in [0.05, 0.1) is 31.1 Å². The second-order valence-corrected chi connectivity index (χ2v) is 10.6. The van der Waals surface area contributed by atoms with Crippen LogP contribution >= 0.6 is 0 Å². The predicted molar refractivity (Wildman–Crippen MR) is 147 cm³/mol. The number of halogens is 1. The van der Waals surface area contributed by atoms with Crippen LogP contribution in [0, 0.1) is 5.82 Å². The number of fused-ring (bicyclic) bond motifs is 2. The summed E-state index contributed by atoms with van der Waals surface area (Å²) in [4.78, 5) is 47.4. The first kappa shape index (κ1) is 26.0. The molecule has 216 valence electrons. The molecule has 7 rings (SSSR count). The topological polar surface area (TPSA) is 158 Å². The van der Waals surface area contributed by atoms with E-state index in [0.717, 1.165) is 31.6 Å². The molecule has 2 saturated heterocycles. The van der Waals surface area contributed by atoms with Crippen LogP contribution in [0.3, 0.4) is 0 Å². The van der Waals surface area contributed by atoms with Gasteiger partial charge in [-0.05, 0) is 49.7 Å². The van der Waals surface area contributed by atoms with Crippen molar-refractivity contribution < 1.29 is 27.9 Å². The van der Waals surface area contributed by atoms with Gasteiger partial charge in [-0.3, -0.25) is 20.0 Å². The molecular weight excluding hydrogens is 547 g/mol. The number of methoxy groups -OCH3 is 1. The standard InChI is InChI=1S/C28H27FN8O5/c1-41-20-3-2-15-13-36(25(38)23(15)24(20)29)14-28(26(39)34-27(40)35-28)21-10-18-19(42-21)4-5-22(33-18)37(17-11-31-32-12-17)16-6-8-30-9-7-16/h2-5,10-12,16,30H,6-9,13-14H2,1H3,(H,31,32)(H2,34,35,39,40)/t28-/m0/s1. The SMILES string of the molecule is COc1ccc2c(c1F)C(=O)N(C[C@@]1(c3cc4nc(N(c5cn[nH]c5)C5CCNCC5)ccc4o3)NC(=O)NC1=O)C2. The number of pyridine rings is 1. The molecule has 0 unspecified atom stereocenters. The summed E-state index contributed by atoms with van der Waals surface area (Å²) in [7, 11) is 1.32. The smallest absolute Gasteiger partial charge is 0.322 e. The third-order valence-corrected chi connectivity index (χ3v) is 8.11. The minimum absolute atomic E-state index is 0.0402. The van der Waals surface area contributed by atoms with Crippen molar-refractivity contribution in [1.82, 2.24) is 36.0 Å². The molecule has 0 bridgehead atoms. The molecule has 3 aromatic heterocycles. The number of furan rings is 1. The Kier molecular flexibility index (Phi) is 6.08. The van der Waals surface area contributed by atoms with Crippen LogP contribution < -0.4 is 25.6 Å². The van der Waals surface area contributed by atoms with Crippen molar-refractivity contribution in [3.05, 3.63) is 65.4 Å². The molecule has 42 heavy (non-hydrogen) atoms. The van der Waals surface area contributed by atoms with Gasteiger partial charge in [-0.15, -0.1) is 0 Å². The number of hydrogen-bond acceptors (Lipinski definition) is 9. The molecule has 0 spiro atoms. The van der Waals surface area contributed by atoms with Crippen LogP contribution in [-0.2, 0) is 16.9 Å². The first-order valence-electron chi connectivity index (χ1n) is 13.6. The molecule has 2 fully saturated rings. The maximum absolute atomic E-state index is 15.0. The molecular formula is C28H27FN8O5. The van der Waals surface area contributed by atoms with E-state index in [-0.39, 0.29) is 36.2 Å². The van der Waals surface area contributed by atoms with E-state index in [4.69, 9.17) is 14.1 Å². The summed E-state index contributed by atoms with van der Waals surface area (Å²) in [5.41, 5.74) is 0.299. The second kappa shape index (κ2) is 9.83. The molecule has 1 atom stereocenters. The molecule has 0 radical (unpaired) electrons. The number of benzene rings is 1. The van der Waals surface area contributed by atoms with E-state index in [0.29, 0.717) is 22.5 Å². The van der Waals surface area contributed by atoms with Gasteiger partial charge in [-0.2, -0.15) is 5.10 Å². The normalized spacial score (nSPS) is 20.6. The van der Waals surface area contributed by atoms with Gasteiger partial charge < -0.3 is 29.6 Å². The number of carbonyl (C=O) groups is 3. The fraction of sp³-hybridized carbons (Fsp3) is 0.321. The zero-order valence-corrected chi connectivity index (χ0v) is 22.6. The number of anilines is 2. The molecule has 0 aliphatic carbocycles. The molecule has 6 heterocycles. The number of urea groups is 1. The van der Waals surface area contributed by atoms with Gasteiger partial charge >= 0.3 is 6.03 Å². The maximum Gasteiger partial charge on any atom is 0.322 e. The highest BCUT2D eigenvalue weighted by atomic mass is 19.1. The van der Waals surface area contributed by atoms with Gasteiger partial charge in [-0.25, -0.2) is 14.2 Å². The number of amides is 4. The van der Waals surface area contributed by atoms with Crippen LogP contribution in [-0.4, -0.2) is 70.7 Å². The molecule has 4 amide bonds. The lowest BCUT2D eigenvalue weighted by Crippen LogP contribution is -2.52. The molecule has 4 aromatic rings. The number of aromatic amines is 1. The molecule has 1 aromatic carbocycles. The summed E-state index contributed by atoms with van der Waals surface area (Å²) in [5, 5.41) is 15.3. The fourth-order valence-corrected chi connectivity index (χ4v) is 6.05. The summed E-state index contributed by atoms with van der Waals surface area (Å²) in [6, 6.07) is 7.70. The van der Waals surface area contributed by atoms with Gasteiger partial charge in [0.2, 0.25) is 0 Å². The zero-order chi connectivity index (χ0) is 29.0. The van der Waals surface area contributed by atoms with Gasteiger partial charge in [0.1, 0.15) is 17.1 Å². The fourth-order valence-electron chi connectivity index (χ4n) is 6.05. The third-order valence-electron chi connectivity index (χ3n) is 8.11. The predicted octanol–water partition coefficient (Wildman–Crippen LogP) is 2.28. The monoisotopic (exact) mass is 574 g/mol. The highest BCUT2D eigenvalue weighted by molar-refractivity contribution is 6.08. The number of piperidine rings is 1. The Morgan fingerprint density at radius 3 is 2.74 bits per heavy atom. The molecule has 3 aliphatic heterocycles. The lowest BCUT2D eigenvalue weighted by atomic mass is 9.95. The molecule has 14 heteroatoms. The Morgan fingerprint density at radius 1 is 1.19 bits per heavy atom. The van der Waals surface area contributed by atoms with Crippen molar-refractivity contribution >= 4 is 40.5 Å². The van der Waals surface area contributed by atoms with Crippen LogP contribution in [0.25, 0.3) is 11.1 Å². The van der Waals surface area contributed by atoms with Gasteiger partial charge in [0.25, 0.3) is 11.8 Å². The third kappa shape index (κ3) is 4.05. The Hall–Kier alpha value is -4.98. The molecule has 3 aliphatic rings. The van der Waals surface area contributed by atoms with E-state index < -0.39 is 29.2 Å². The summed E-state index contributed by atoms with van der Waals surface area (Å²) >= 11 is 0. The number of rotatable bonds is 7. The number of H-pyrrole nitrogens is 1. The second-order valence-electron chi connectivity index (χ2n) is 10.6. The summed E-state index contributed by atoms with van der Waals surface area (Å²) in [6.07, 6.45) is 5.38. The van der Waals surface area contributed by atoms with Crippen LogP contribution in [0.1, 0.15) is 34.5 Å². The van der Waals surface area contributed by atoms with Crippen LogP contribution in [0.4, 0.5) is 20.7 Å². The number of aromatic nitrogens is 3. The van der Waals surface area contributed by atoms with E-state index in [2.05, 4.69) is 31.0 Å². The summed E-state index contributed by atoms with van der Waals surface area (Å²) in [6.45, 7) is 1.51. The van der Waals surface area contributed by atoms with Crippen LogP contribution in [0.5, 0.6) is 5.75 Å². The van der Waals surface area contributed by atoms with Crippen LogP contribution in [0.15, 0.2) is 47.1 Å². The lowest BCUT2D eigenvalue weighted by molar-refractivity contribution is -0.125. The van der Waals surface area contributed by atoms with Gasteiger partial charge in [0, 0.05) is 24.8 Å². The lowest BCUT2D eigenvalue weighted by Gasteiger charge is -2.34. The first-order valence-corrected chi connectivity index (χ1v) is 13.6. The van der Waals surface area contributed by atoms with Crippen molar-refractivity contribution in [3.63, 3.8) is 0 Å². The number of nitrogens with one attached hydrogen (secondary N) is 4. The van der Waals surface area contributed by atoms with E-state index in [9.17, 15) is 18.8 Å². The average Bonchev–Trinajstić information content (AvgIpc) is 3.77. The zero-order valence-electron chi connectivity index (χ0n) is 22.6. The van der Waals surface area contributed by atoms with E-state index in [1.165, 1.54) is 18.1 Å². The number of carbonyl (C=O) groups excluding carboxylic acids is 3. The van der Waals surface area contributed by atoms with E-state index in [1.807, 2.05) is 12.3 Å². The summed E-state index contributed by atoms with van der Waals surface area (Å²) in [5.74, 6) is -1.37. The highest BCUT2D eigenvalue weighted by Crippen LogP contribution is 2.37. The Bertz CT molecular complexity index is 1720. The van der Waals surface area contributed by atoms with Crippen molar-refractivity contribution in [1.29, 1.82) is 0 Å². The number of ether oxygens (including phenoxy) is 1. The molecule has 4 N–H and O–H groups in total. The number of nitrogens with zero attached hydrogens (tertiary/aromatic N) is 4. The van der Waals surface area contributed by atoms with Crippen molar-refractivity contribution in [2.24, 2.45) is 0 Å². The minimum atomic E-state index is -1.75. The molecule has 0 saturated carbocycles. The Balaban J connectivity index is 1.25. The van der Waals surface area contributed by atoms with E-state index in [1.54, 1.807) is 24.4 Å².